The summed E-state index contributed by atoms with van der Waals surface area (Å²) in [5.41, 5.74) is -1.89. The number of hydrogen-bond donors (Lipinski definition) is 2. The van der Waals surface area contributed by atoms with E-state index in [-0.39, 0.29) is 56.9 Å². The maximum absolute atomic E-state index is 12.4. The van der Waals surface area contributed by atoms with Gasteiger partial charge in [0.25, 0.3) is 0 Å². The average molecular weight is 535 g/mol. The lowest BCUT2D eigenvalue weighted by Gasteiger charge is -2.39. The lowest BCUT2D eigenvalue weighted by Crippen LogP contribution is -2.37. The number of carbonyl (C=O) groups excluding carboxylic acids is 3. The van der Waals surface area contributed by atoms with Crippen LogP contribution in [0, 0.1) is 11.8 Å². The van der Waals surface area contributed by atoms with Gasteiger partial charge in [-0.15, -0.1) is 0 Å². The van der Waals surface area contributed by atoms with Gasteiger partial charge in [-0.3, -0.25) is 14.4 Å². The van der Waals surface area contributed by atoms with Crippen LogP contribution < -0.4 is 9.47 Å². The third-order valence-electron chi connectivity index (χ3n) is 5.98. The smallest absolute Gasteiger partial charge is 0.335 e. The third-order valence-corrected chi connectivity index (χ3v) is 5.98. The van der Waals surface area contributed by atoms with E-state index in [9.17, 15) is 29.4 Å². The predicted molar refractivity (Wildman–Crippen MR) is 141 cm³/mol. The van der Waals surface area contributed by atoms with Crippen molar-refractivity contribution in [3.63, 3.8) is 0 Å². The van der Waals surface area contributed by atoms with Gasteiger partial charge in [0.15, 0.2) is 0 Å². The number of carboxylic acid groups (broad SMARTS) is 1. The summed E-state index contributed by atoms with van der Waals surface area (Å²) in [5, 5.41) is 22.1. The molecule has 39 heavy (non-hydrogen) atoms. The molecule has 0 fully saturated rings. The summed E-state index contributed by atoms with van der Waals surface area (Å²) in [6.45, 7) is 8.40. The van der Waals surface area contributed by atoms with E-state index >= 15 is 0 Å². The van der Waals surface area contributed by atoms with Crippen LogP contribution in [0.3, 0.4) is 0 Å². The van der Waals surface area contributed by atoms with E-state index in [1.807, 2.05) is 0 Å². The zero-order chi connectivity index (χ0) is 28.9. The number of fused-ring (bicyclic) bond motifs is 1. The van der Waals surface area contributed by atoms with Gasteiger partial charge in [-0.05, 0) is 49.4 Å². The predicted octanol–water partition coefficient (Wildman–Crippen LogP) is 4.93. The van der Waals surface area contributed by atoms with Crippen LogP contribution in [0.15, 0.2) is 72.2 Å². The van der Waals surface area contributed by atoms with Gasteiger partial charge in [-0.2, -0.15) is 0 Å². The highest BCUT2D eigenvalue weighted by atomic mass is 16.5. The number of aldehydes is 1. The van der Waals surface area contributed by atoms with E-state index < -0.39 is 23.5 Å². The third kappa shape index (κ3) is 5.99. The molecule has 0 radical (unpaired) electrons. The first-order valence-corrected chi connectivity index (χ1v) is 12.3. The Morgan fingerprint density at radius 3 is 2.26 bits per heavy atom. The second-order valence-electron chi connectivity index (χ2n) is 9.42. The summed E-state index contributed by atoms with van der Waals surface area (Å²) in [6.07, 6.45) is 6.07. The molecule has 1 atom stereocenters. The zero-order valence-corrected chi connectivity index (χ0v) is 22.3. The zero-order valence-electron chi connectivity index (χ0n) is 22.3. The van der Waals surface area contributed by atoms with Crippen molar-refractivity contribution in [2.24, 2.45) is 11.8 Å². The van der Waals surface area contributed by atoms with Crippen LogP contribution in [0.25, 0.3) is 0 Å². The Balaban J connectivity index is 2.28. The first-order valence-electron chi connectivity index (χ1n) is 12.3. The highest BCUT2D eigenvalue weighted by molar-refractivity contribution is 5.90. The molecule has 0 bridgehead atoms. The summed E-state index contributed by atoms with van der Waals surface area (Å²) in [7, 11) is 0. The van der Waals surface area contributed by atoms with Gasteiger partial charge in [0, 0.05) is 28.3 Å². The summed E-state index contributed by atoms with van der Waals surface area (Å²) >= 11 is 0. The lowest BCUT2D eigenvalue weighted by atomic mass is 9.74. The topological polar surface area (TPSA) is 136 Å². The van der Waals surface area contributed by atoms with E-state index in [1.54, 1.807) is 40.7 Å². The van der Waals surface area contributed by atoms with Gasteiger partial charge < -0.3 is 24.4 Å². The van der Waals surface area contributed by atoms with Gasteiger partial charge in [0.05, 0.1) is 23.7 Å². The molecule has 1 heterocycles. The largest absolute Gasteiger partial charge is 0.478 e. The Morgan fingerprint density at radius 2 is 1.67 bits per heavy atom. The van der Waals surface area contributed by atoms with Crippen LogP contribution in [0.5, 0.6) is 11.5 Å². The fourth-order valence-electron chi connectivity index (χ4n) is 3.87. The van der Waals surface area contributed by atoms with E-state index in [4.69, 9.17) is 14.2 Å². The van der Waals surface area contributed by atoms with Crippen molar-refractivity contribution in [1.82, 2.24) is 0 Å². The quantitative estimate of drug-likeness (QED) is 0.209. The lowest BCUT2D eigenvalue weighted by molar-refractivity contribution is -0.141. The minimum Gasteiger partial charge on any atom is -0.478 e. The van der Waals surface area contributed by atoms with E-state index in [0.29, 0.717) is 6.29 Å². The number of esters is 2. The van der Waals surface area contributed by atoms with Gasteiger partial charge in [0.2, 0.25) is 0 Å². The minimum absolute atomic E-state index is 0.00736. The highest BCUT2D eigenvalue weighted by Gasteiger charge is 2.45. The molecule has 2 aromatic carbocycles. The molecule has 0 amide bonds. The minimum atomic E-state index is -2.09. The van der Waals surface area contributed by atoms with Crippen molar-refractivity contribution in [1.29, 1.82) is 0 Å². The SMILES string of the molecule is C/C=C1/Oc2cc(OC(=O)C(C)C)ccc2C(O)(c2cc(C(=O)O)ccc2C=O)/C1=C/C=C/OC(=O)C(C)C. The molecule has 9 heteroatoms. The van der Waals surface area contributed by atoms with E-state index in [0.717, 1.165) is 6.26 Å². The van der Waals surface area contributed by atoms with Gasteiger partial charge in [-0.25, -0.2) is 4.79 Å². The number of benzene rings is 2. The fourth-order valence-corrected chi connectivity index (χ4v) is 3.87. The fraction of sp³-hybridized carbons (Fsp3) is 0.267. The van der Waals surface area contributed by atoms with Crippen molar-refractivity contribution in [3.8, 4) is 11.5 Å². The van der Waals surface area contributed by atoms with Crippen LogP contribution in [-0.4, -0.2) is 34.4 Å². The van der Waals surface area contributed by atoms with Crippen LogP contribution >= 0.6 is 0 Å². The molecule has 1 aliphatic heterocycles. The summed E-state index contributed by atoms with van der Waals surface area (Å²) in [5.74, 6) is -2.44. The number of hydrogen-bond acceptors (Lipinski definition) is 8. The molecule has 3 rings (SSSR count). The number of ether oxygens (including phenoxy) is 3. The molecule has 0 aliphatic carbocycles. The molecule has 0 spiro atoms. The number of carbonyl (C=O) groups is 4. The maximum Gasteiger partial charge on any atom is 0.335 e. The molecule has 2 N–H and O–H groups in total. The molecular weight excluding hydrogens is 504 g/mol. The highest BCUT2D eigenvalue weighted by Crippen LogP contribution is 2.50. The van der Waals surface area contributed by atoms with Crippen molar-refractivity contribution in [2.75, 3.05) is 0 Å². The normalized spacial score (nSPS) is 18.8. The van der Waals surface area contributed by atoms with Crippen molar-refractivity contribution < 1.29 is 43.6 Å². The Morgan fingerprint density at radius 1 is 0.974 bits per heavy atom. The molecule has 0 saturated carbocycles. The van der Waals surface area contributed by atoms with Crippen LogP contribution in [0.2, 0.25) is 0 Å². The Hall–Kier alpha value is -4.50. The molecule has 9 nitrogen and oxygen atoms in total. The number of aromatic carboxylic acids is 1. The second kappa shape index (κ2) is 11.9. The molecule has 1 aliphatic rings. The molecule has 204 valence electrons. The van der Waals surface area contributed by atoms with Crippen LogP contribution in [0.4, 0.5) is 0 Å². The van der Waals surface area contributed by atoms with Gasteiger partial charge in [-0.1, -0.05) is 33.8 Å². The van der Waals surface area contributed by atoms with Crippen molar-refractivity contribution in [3.05, 3.63) is 94.5 Å². The summed E-state index contributed by atoms with van der Waals surface area (Å²) < 4.78 is 16.5. The average Bonchev–Trinajstić information content (AvgIpc) is 2.90. The van der Waals surface area contributed by atoms with Crippen molar-refractivity contribution in [2.45, 2.75) is 40.2 Å². The maximum atomic E-state index is 12.4. The first-order chi connectivity index (χ1) is 18.4. The Labute approximate surface area is 226 Å². The van der Waals surface area contributed by atoms with E-state index in [2.05, 4.69) is 0 Å². The standard InChI is InChI=1S/C30H30O9/c1-6-25-22(8-7-13-37-28(34)17(2)3)30(36,24-14-19(27(32)33)9-10-20(24)16-31)23-12-11-21(15-26(23)39-25)38-29(35)18(4)5/h6-18,36H,1-5H3,(H,32,33)/b13-7+,22-8+,25-6+. The number of rotatable bonds is 8. The number of allylic oxidation sites excluding steroid dienone is 3. The summed E-state index contributed by atoms with van der Waals surface area (Å²) in [4.78, 5) is 47.8. The summed E-state index contributed by atoms with van der Waals surface area (Å²) in [6, 6.07) is 8.17. The van der Waals surface area contributed by atoms with Gasteiger partial charge >= 0.3 is 17.9 Å². The Kier molecular flexibility index (Phi) is 8.88. The van der Waals surface area contributed by atoms with Crippen LogP contribution in [0.1, 0.15) is 66.5 Å². The molecule has 0 saturated heterocycles. The van der Waals surface area contributed by atoms with Crippen molar-refractivity contribution >= 4 is 24.2 Å². The van der Waals surface area contributed by atoms with Gasteiger partial charge in [0.1, 0.15) is 29.1 Å². The Bertz CT molecular complexity index is 1400. The van der Waals surface area contributed by atoms with E-state index in [1.165, 1.54) is 48.6 Å². The van der Waals surface area contributed by atoms with Crippen LogP contribution in [-0.2, 0) is 19.9 Å². The molecular formula is C30H30O9. The second-order valence-corrected chi connectivity index (χ2v) is 9.42. The molecule has 2 aromatic rings. The number of carboxylic acids is 1. The monoisotopic (exact) mass is 534 g/mol. The number of aliphatic hydroxyl groups is 1. The molecule has 0 aromatic heterocycles. The molecule has 1 unspecified atom stereocenters. The first kappa shape index (κ1) is 29.1.